The van der Waals surface area contributed by atoms with E-state index in [-0.39, 0.29) is 79.6 Å². The number of sulfone groups is 3. The van der Waals surface area contributed by atoms with Gasteiger partial charge in [0.2, 0.25) is 41.3 Å². The quantitative estimate of drug-likeness (QED) is 0.0497. The van der Waals surface area contributed by atoms with Crippen LogP contribution in [-0.2, 0) is 39.1 Å². The Morgan fingerprint density at radius 2 is 0.720 bits per heavy atom. The van der Waals surface area contributed by atoms with E-state index >= 15 is 0 Å². The summed E-state index contributed by atoms with van der Waals surface area (Å²) in [5.41, 5.74) is 12.0. The number of urea groups is 2. The molecular weight excluding hydrogens is 1140 g/mol. The molecule has 7 amide bonds. The van der Waals surface area contributed by atoms with Crippen LogP contribution in [0.25, 0.3) is 0 Å². The van der Waals surface area contributed by atoms with Crippen LogP contribution in [0.2, 0.25) is 0 Å². The maximum Gasteiger partial charge on any atom is 0.322 e. The van der Waals surface area contributed by atoms with Crippen LogP contribution < -0.4 is 61.6 Å². The van der Waals surface area contributed by atoms with Gasteiger partial charge in [0.1, 0.15) is 37.1 Å². The first-order chi connectivity index (χ1) is 39.2. The summed E-state index contributed by atoms with van der Waals surface area (Å²) in [7, 11) is -10.9. The Labute approximate surface area is 480 Å². The van der Waals surface area contributed by atoms with E-state index in [9.17, 15) is 49.2 Å². The van der Waals surface area contributed by atoms with Gasteiger partial charge in [-0.3, -0.25) is 29.1 Å². The van der Waals surface area contributed by atoms with Gasteiger partial charge in [-0.25, -0.2) is 34.8 Å². The molecule has 0 bridgehead atoms. The minimum atomic E-state index is -3.68. The lowest BCUT2D eigenvalue weighted by Gasteiger charge is -2.30. The van der Waals surface area contributed by atoms with Crippen LogP contribution >= 0.6 is 11.6 Å². The number of halogens is 1. The number of hydrogen-bond acceptors (Lipinski definition) is 16. The number of ether oxygens (including phenoxy) is 3. The van der Waals surface area contributed by atoms with Gasteiger partial charge >= 0.3 is 17.4 Å². The van der Waals surface area contributed by atoms with Crippen molar-refractivity contribution in [2.75, 3.05) is 93.4 Å². The summed E-state index contributed by atoms with van der Waals surface area (Å²) in [5, 5.41) is 9.93. The first-order valence-corrected chi connectivity index (χ1v) is 30.2. The van der Waals surface area contributed by atoms with Gasteiger partial charge < -0.3 is 46.9 Å². The number of anilines is 3. The van der Waals surface area contributed by atoms with Crippen LogP contribution in [0.3, 0.4) is 0 Å². The van der Waals surface area contributed by atoms with Crippen molar-refractivity contribution < 1.29 is 63.4 Å². The van der Waals surface area contributed by atoms with E-state index in [1.807, 2.05) is 0 Å². The standard InChI is InChI=1S/C19H21N3O5S.C17H19N3O4S.C15H12ClNO4S.C4H10N2O/c1-14(23)20-9-10-21-19(24)22-11-12-27-18-13-16(7-8-17(18)22)28(25,26)15-5-3-2-4-6-15;18-8-9-19-17(21)20-10-11-24-16-12-14(6-7-15(16)20)25(22,23)13-4-2-1-3-5-13;16-15(18)17-8-9-21-14-10-12(6-7-13(14)17)22(19,20)11-4-2-1-3-5-11;1-4(7)6-3-2-5/h2-8,13H,9-12H2,1H3,(H,20,23)(H,21,24);1-7,12H,8-11,18H2,(H,19,21);1-7,10H,8-9H2;2-3,5H2,1H3,(H,6,7). The third-order valence-electron chi connectivity index (χ3n) is 11.9. The van der Waals surface area contributed by atoms with Gasteiger partial charge in [0, 0.05) is 71.3 Å². The second-order valence-electron chi connectivity index (χ2n) is 17.6. The van der Waals surface area contributed by atoms with Crippen LogP contribution in [0.15, 0.2) is 175 Å². The number of benzene rings is 6. The number of hydrogen-bond donors (Lipinski definition) is 6. The normalized spacial score (nSPS) is 13.2. The summed E-state index contributed by atoms with van der Waals surface area (Å²) in [5.74, 6) is 0.840. The molecule has 27 heteroatoms. The summed E-state index contributed by atoms with van der Waals surface area (Å²) >= 11 is 5.52. The molecule has 8 N–H and O–H groups in total. The molecule has 0 aromatic heterocycles. The Morgan fingerprint density at radius 1 is 0.427 bits per heavy atom. The molecule has 0 atom stereocenters. The molecule has 3 aliphatic heterocycles. The fraction of sp³-hybridized carbons (Fsp3) is 0.255. The van der Waals surface area contributed by atoms with E-state index < -0.39 is 34.9 Å². The Bertz CT molecular complexity index is 3550. The van der Waals surface area contributed by atoms with E-state index in [1.54, 1.807) is 78.9 Å². The molecule has 0 aliphatic carbocycles. The van der Waals surface area contributed by atoms with E-state index in [0.717, 1.165) is 0 Å². The van der Waals surface area contributed by atoms with Crippen molar-refractivity contribution in [3.05, 3.63) is 146 Å². The number of nitrogens with two attached hydrogens (primary N) is 2. The molecule has 82 heavy (non-hydrogen) atoms. The summed E-state index contributed by atoms with van der Waals surface area (Å²) in [6.45, 7) is 7.14. The minimum absolute atomic E-state index is 0.0227. The maximum absolute atomic E-state index is 12.8. The summed E-state index contributed by atoms with van der Waals surface area (Å²) < 4.78 is 92.8. The van der Waals surface area contributed by atoms with E-state index in [1.165, 1.54) is 95.3 Å². The zero-order valence-corrected chi connectivity index (χ0v) is 47.9. The van der Waals surface area contributed by atoms with Crippen LogP contribution in [0.1, 0.15) is 13.8 Å². The van der Waals surface area contributed by atoms with Gasteiger partial charge in [-0.1, -0.05) is 54.6 Å². The minimum Gasteiger partial charge on any atom is -0.489 e. The maximum atomic E-state index is 12.8. The molecule has 0 fully saturated rings. The molecule has 0 radical (unpaired) electrons. The van der Waals surface area contributed by atoms with Gasteiger partial charge in [0.25, 0.3) is 0 Å². The Hall–Kier alpha value is -8.27. The van der Waals surface area contributed by atoms with Crippen molar-refractivity contribution in [3.63, 3.8) is 0 Å². The molecule has 436 valence electrons. The van der Waals surface area contributed by atoms with Gasteiger partial charge in [0.15, 0.2) is 0 Å². The van der Waals surface area contributed by atoms with Gasteiger partial charge in [-0.05, 0) is 84.4 Å². The number of carbonyl (C=O) groups excluding carboxylic acids is 5. The van der Waals surface area contributed by atoms with E-state index in [0.29, 0.717) is 86.7 Å². The van der Waals surface area contributed by atoms with Crippen molar-refractivity contribution in [2.24, 2.45) is 11.5 Å². The number of fused-ring (bicyclic) bond motifs is 3. The molecule has 0 saturated carbocycles. The monoisotopic (exact) mass is 1200 g/mol. The highest BCUT2D eigenvalue weighted by Crippen LogP contribution is 2.38. The van der Waals surface area contributed by atoms with Crippen molar-refractivity contribution in [3.8, 4) is 17.2 Å². The fourth-order valence-corrected chi connectivity index (χ4v) is 12.0. The van der Waals surface area contributed by atoms with E-state index in [2.05, 4.69) is 21.3 Å². The predicted molar refractivity (Wildman–Crippen MR) is 307 cm³/mol. The van der Waals surface area contributed by atoms with Gasteiger partial charge in [-0.2, -0.15) is 0 Å². The molecular formula is C55H62ClN9O14S3. The zero-order valence-electron chi connectivity index (χ0n) is 44.7. The number of amides is 7. The number of carbonyl (C=O) groups is 5. The molecule has 0 saturated heterocycles. The third kappa shape index (κ3) is 16.4. The number of nitrogens with zero attached hydrogens (tertiary/aromatic N) is 3. The molecule has 3 aliphatic rings. The van der Waals surface area contributed by atoms with Crippen LogP contribution in [0.5, 0.6) is 17.2 Å². The largest absolute Gasteiger partial charge is 0.489 e. The smallest absolute Gasteiger partial charge is 0.322 e. The molecule has 0 spiro atoms. The first kappa shape index (κ1) is 62.9. The highest BCUT2D eigenvalue weighted by molar-refractivity contribution is 7.92. The first-order valence-electron chi connectivity index (χ1n) is 25.4. The lowest BCUT2D eigenvalue weighted by molar-refractivity contribution is -0.119. The molecule has 23 nitrogen and oxygen atoms in total. The Kier molecular flexibility index (Phi) is 22.6. The second-order valence-corrected chi connectivity index (χ2v) is 23.8. The van der Waals surface area contributed by atoms with Gasteiger partial charge in [-0.15, -0.1) is 0 Å². The topological polar surface area (TPSA) is 325 Å². The molecule has 3 heterocycles. The zero-order chi connectivity index (χ0) is 59.5. The molecule has 0 unspecified atom stereocenters. The highest BCUT2D eigenvalue weighted by atomic mass is 35.5. The number of rotatable bonds is 13. The summed E-state index contributed by atoms with van der Waals surface area (Å²) in [4.78, 5) is 62.2. The lowest BCUT2D eigenvalue weighted by Crippen LogP contribution is -2.46. The number of nitrogens with one attached hydrogen (secondary N) is 4. The van der Waals surface area contributed by atoms with Gasteiger partial charge in [0.05, 0.1) is 66.1 Å². The second kappa shape index (κ2) is 29.4. The Balaban J connectivity index is 0.000000188. The summed E-state index contributed by atoms with van der Waals surface area (Å²) in [6.07, 6.45) is 0. The molecule has 9 rings (SSSR count). The third-order valence-corrected chi connectivity index (χ3v) is 17.4. The van der Waals surface area contributed by atoms with Crippen molar-refractivity contribution >= 4 is 87.4 Å². The lowest BCUT2D eigenvalue weighted by atomic mass is 10.2. The molecule has 6 aromatic rings. The SMILES string of the molecule is CC(=O)NCCN.CC(=O)NCCNC(=O)N1CCOc2cc(S(=O)(=O)c3ccccc3)ccc21.NCCNC(=O)N1CCOc2cc(S(=O)(=O)c3ccccc3)ccc21.O=C(Cl)N1CCOc2cc(S(=O)(=O)c3ccccc3)ccc21. The van der Waals surface area contributed by atoms with E-state index in [4.69, 9.17) is 37.3 Å². The van der Waals surface area contributed by atoms with Crippen LogP contribution in [0.4, 0.5) is 31.4 Å². The van der Waals surface area contributed by atoms with Crippen LogP contribution in [0, 0.1) is 0 Å². The van der Waals surface area contributed by atoms with Crippen molar-refractivity contribution in [1.29, 1.82) is 0 Å². The van der Waals surface area contributed by atoms with Crippen molar-refractivity contribution in [2.45, 2.75) is 43.2 Å². The average molecular weight is 1200 g/mol. The fourth-order valence-electron chi connectivity index (χ4n) is 7.94. The predicted octanol–water partition coefficient (Wildman–Crippen LogP) is 5.11. The Morgan fingerprint density at radius 3 is 1.04 bits per heavy atom. The highest BCUT2D eigenvalue weighted by Gasteiger charge is 2.30. The summed E-state index contributed by atoms with van der Waals surface area (Å²) in [6, 6.07) is 37.2. The van der Waals surface area contributed by atoms with Crippen molar-refractivity contribution in [1.82, 2.24) is 21.3 Å². The van der Waals surface area contributed by atoms with Crippen LogP contribution in [-0.4, -0.2) is 133 Å². The average Bonchev–Trinajstić information content (AvgIpc) is 3.69. The molecule has 6 aromatic carbocycles.